The van der Waals surface area contributed by atoms with Gasteiger partial charge in [0.2, 0.25) is 0 Å². The first kappa shape index (κ1) is 13.3. The molecule has 1 amide bonds. The molecule has 3 rings (SSSR count). The van der Waals surface area contributed by atoms with Gasteiger partial charge in [0.25, 0.3) is 5.91 Å². The van der Waals surface area contributed by atoms with Crippen LogP contribution in [0, 0.1) is 12.7 Å². The lowest BCUT2D eigenvalue weighted by atomic mass is 10.0. The van der Waals surface area contributed by atoms with Gasteiger partial charge in [-0.1, -0.05) is 36.9 Å². The zero-order chi connectivity index (χ0) is 15.0. The van der Waals surface area contributed by atoms with Crippen molar-refractivity contribution in [2.45, 2.75) is 6.92 Å². The maximum absolute atomic E-state index is 13.9. The fourth-order valence-electron chi connectivity index (χ4n) is 2.49. The Hall–Kier alpha value is -2.68. The van der Waals surface area contributed by atoms with Gasteiger partial charge in [-0.25, -0.2) is 4.39 Å². The molecule has 0 spiro atoms. The second-order valence-electron chi connectivity index (χ2n) is 5.00. The topological polar surface area (TPSA) is 20.3 Å². The molecule has 2 nitrogen and oxygen atoms in total. The number of aryl methyl sites for hydroxylation is 1. The molecule has 0 aliphatic carbocycles. The Labute approximate surface area is 122 Å². The number of hydrogen-bond acceptors (Lipinski definition) is 1. The van der Waals surface area contributed by atoms with E-state index in [0.717, 1.165) is 11.3 Å². The van der Waals surface area contributed by atoms with Crippen LogP contribution in [0.1, 0.15) is 11.1 Å². The van der Waals surface area contributed by atoms with Crippen molar-refractivity contribution in [1.82, 2.24) is 0 Å². The van der Waals surface area contributed by atoms with Gasteiger partial charge in [0.15, 0.2) is 0 Å². The molecular formula is C18H14FNO. The van der Waals surface area contributed by atoms with Crippen molar-refractivity contribution in [2.24, 2.45) is 0 Å². The molecule has 2 aromatic carbocycles. The van der Waals surface area contributed by atoms with E-state index in [-0.39, 0.29) is 11.7 Å². The van der Waals surface area contributed by atoms with Crippen LogP contribution in [0.2, 0.25) is 0 Å². The predicted octanol–water partition coefficient (Wildman–Crippen LogP) is 4.08. The largest absolute Gasteiger partial charge is 0.277 e. The second-order valence-corrected chi connectivity index (χ2v) is 5.00. The molecule has 1 aliphatic heterocycles. The summed E-state index contributed by atoms with van der Waals surface area (Å²) in [6.45, 7) is 5.92. The summed E-state index contributed by atoms with van der Waals surface area (Å²) in [7, 11) is 0. The van der Waals surface area contributed by atoms with Crippen molar-refractivity contribution in [2.75, 3.05) is 4.90 Å². The van der Waals surface area contributed by atoms with Crippen LogP contribution in [0.15, 0.2) is 66.9 Å². The lowest BCUT2D eigenvalue weighted by Gasteiger charge is -2.19. The van der Waals surface area contributed by atoms with Crippen LogP contribution in [0.4, 0.5) is 10.1 Å². The van der Waals surface area contributed by atoms with Gasteiger partial charge in [0.05, 0.1) is 5.70 Å². The first-order valence-corrected chi connectivity index (χ1v) is 6.64. The summed E-state index contributed by atoms with van der Waals surface area (Å²) in [6, 6.07) is 14.0. The van der Waals surface area contributed by atoms with Crippen LogP contribution in [0.5, 0.6) is 0 Å². The van der Waals surface area contributed by atoms with Gasteiger partial charge in [0.1, 0.15) is 5.82 Å². The minimum atomic E-state index is -0.358. The highest BCUT2D eigenvalue weighted by molar-refractivity contribution is 6.17. The van der Waals surface area contributed by atoms with Crippen molar-refractivity contribution in [1.29, 1.82) is 0 Å². The van der Waals surface area contributed by atoms with Crippen molar-refractivity contribution in [3.8, 4) is 0 Å². The lowest BCUT2D eigenvalue weighted by molar-refractivity contribution is -0.113. The van der Waals surface area contributed by atoms with Crippen LogP contribution in [-0.4, -0.2) is 5.91 Å². The maximum Gasteiger partial charge on any atom is 0.256 e. The Morgan fingerprint density at radius 2 is 1.86 bits per heavy atom. The fraction of sp³-hybridized carbons (Fsp3) is 0.0556. The molecule has 2 aromatic rings. The lowest BCUT2D eigenvalue weighted by Crippen LogP contribution is -2.23. The van der Waals surface area contributed by atoms with E-state index in [4.69, 9.17) is 0 Å². The average molecular weight is 279 g/mol. The summed E-state index contributed by atoms with van der Waals surface area (Å²) in [6.07, 6.45) is 1.43. The van der Waals surface area contributed by atoms with E-state index < -0.39 is 0 Å². The molecule has 0 aromatic heterocycles. The number of halogens is 1. The Kier molecular flexibility index (Phi) is 3.18. The summed E-state index contributed by atoms with van der Waals surface area (Å²) in [5.41, 5.74) is 3.21. The average Bonchev–Trinajstić information content (AvgIpc) is 2.74. The number of hydrogen-bond donors (Lipinski definition) is 0. The summed E-state index contributed by atoms with van der Waals surface area (Å²) >= 11 is 0. The Morgan fingerprint density at radius 3 is 2.57 bits per heavy atom. The molecule has 0 unspecified atom stereocenters. The predicted molar refractivity (Wildman–Crippen MR) is 82.2 cm³/mol. The summed E-state index contributed by atoms with van der Waals surface area (Å²) in [5, 5.41) is 0. The molecular weight excluding hydrogens is 265 g/mol. The molecule has 0 bridgehead atoms. The highest BCUT2D eigenvalue weighted by Crippen LogP contribution is 2.35. The van der Waals surface area contributed by atoms with Crippen molar-refractivity contribution >= 4 is 17.2 Å². The van der Waals surface area contributed by atoms with Gasteiger partial charge in [-0.3, -0.25) is 9.69 Å². The van der Waals surface area contributed by atoms with Crippen LogP contribution in [0.25, 0.3) is 5.57 Å². The van der Waals surface area contributed by atoms with Crippen LogP contribution < -0.4 is 4.90 Å². The minimum absolute atomic E-state index is 0.205. The molecule has 0 saturated heterocycles. The number of rotatable bonds is 2. The van der Waals surface area contributed by atoms with Crippen molar-refractivity contribution in [3.63, 3.8) is 0 Å². The zero-order valence-corrected chi connectivity index (χ0v) is 11.6. The number of carbonyl (C=O) groups excluding carboxylic acids is 1. The van der Waals surface area contributed by atoms with Gasteiger partial charge >= 0.3 is 0 Å². The SMILES string of the molecule is C=C1C(c2ccccc2F)=CC(=O)N1c1cccc(C)c1. The molecule has 1 aliphatic rings. The maximum atomic E-state index is 13.9. The normalized spacial score (nSPS) is 14.6. The Balaban J connectivity index is 2.02. The molecule has 0 N–H and O–H groups in total. The second kappa shape index (κ2) is 5.02. The summed E-state index contributed by atoms with van der Waals surface area (Å²) in [4.78, 5) is 13.8. The third kappa shape index (κ3) is 2.27. The van der Waals surface area contributed by atoms with Crippen LogP contribution >= 0.6 is 0 Å². The Morgan fingerprint density at radius 1 is 1.10 bits per heavy atom. The quantitative estimate of drug-likeness (QED) is 0.811. The molecule has 21 heavy (non-hydrogen) atoms. The van der Waals surface area contributed by atoms with Gasteiger partial charge in [0, 0.05) is 22.9 Å². The van der Waals surface area contributed by atoms with Crippen molar-refractivity contribution < 1.29 is 9.18 Å². The third-order valence-electron chi connectivity index (χ3n) is 3.49. The molecule has 0 atom stereocenters. The number of benzene rings is 2. The molecule has 104 valence electrons. The first-order chi connectivity index (χ1) is 10.1. The van der Waals surface area contributed by atoms with E-state index in [0.29, 0.717) is 16.8 Å². The fourth-order valence-corrected chi connectivity index (χ4v) is 2.49. The minimum Gasteiger partial charge on any atom is -0.277 e. The molecule has 3 heteroatoms. The monoisotopic (exact) mass is 279 g/mol. The number of carbonyl (C=O) groups is 1. The van der Waals surface area contributed by atoms with Gasteiger partial charge in [-0.2, -0.15) is 0 Å². The van der Waals surface area contributed by atoms with E-state index in [1.165, 1.54) is 17.0 Å². The van der Waals surface area contributed by atoms with E-state index in [1.54, 1.807) is 18.2 Å². The molecule has 1 heterocycles. The summed E-state index contributed by atoms with van der Waals surface area (Å²) < 4.78 is 13.9. The van der Waals surface area contributed by atoms with Crippen molar-refractivity contribution in [3.05, 3.63) is 83.8 Å². The molecule has 0 saturated carbocycles. The molecule has 0 radical (unpaired) electrons. The standard InChI is InChI=1S/C18H14FNO/c1-12-6-5-7-14(10-12)20-13(2)16(11-18(20)21)15-8-3-4-9-17(15)19/h3-11H,2H2,1H3. The van der Waals surface area contributed by atoms with E-state index in [1.807, 2.05) is 31.2 Å². The number of anilines is 1. The van der Waals surface area contributed by atoms with Crippen LogP contribution in [0.3, 0.4) is 0 Å². The van der Waals surface area contributed by atoms with Crippen LogP contribution in [-0.2, 0) is 4.79 Å². The molecule has 0 fully saturated rings. The number of nitrogens with zero attached hydrogens (tertiary/aromatic N) is 1. The van der Waals surface area contributed by atoms with Gasteiger partial charge < -0.3 is 0 Å². The number of allylic oxidation sites excluding steroid dienone is 1. The zero-order valence-electron chi connectivity index (χ0n) is 11.6. The highest BCUT2D eigenvalue weighted by atomic mass is 19.1. The third-order valence-corrected chi connectivity index (χ3v) is 3.49. The first-order valence-electron chi connectivity index (χ1n) is 6.64. The summed E-state index contributed by atoms with van der Waals surface area (Å²) in [5.74, 6) is -0.562. The van der Waals surface area contributed by atoms with E-state index >= 15 is 0 Å². The van der Waals surface area contributed by atoms with E-state index in [9.17, 15) is 9.18 Å². The van der Waals surface area contributed by atoms with Gasteiger partial charge in [-0.15, -0.1) is 0 Å². The van der Waals surface area contributed by atoms with E-state index in [2.05, 4.69) is 6.58 Å². The highest BCUT2D eigenvalue weighted by Gasteiger charge is 2.29. The Bertz CT molecular complexity index is 776. The van der Waals surface area contributed by atoms with Gasteiger partial charge in [-0.05, 0) is 30.7 Å². The number of amides is 1. The smallest absolute Gasteiger partial charge is 0.256 e.